The number of aromatic nitrogens is 2. The molecule has 1 aromatic heterocycles. The molecule has 0 aliphatic heterocycles. The molecular formula is C16H29N3O. The van der Waals surface area contributed by atoms with Crippen LogP contribution in [0.15, 0.2) is 12.4 Å². The Bertz CT molecular complexity index is 391. The van der Waals surface area contributed by atoms with E-state index in [4.69, 9.17) is 4.74 Å². The molecule has 2 rings (SSSR count). The topological polar surface area (TPSA) is 39.1 Å². The summed E-state index contributed by atoms with van der Waals surface area (Å²) in [7, 11) is 1.98. The fourth-order valence-corrected chi connectivity index (χ4v) is 3.53. The summed E-state index contributed by atoms with van der Waals surface area (Å²) in [6, 6.07) is 0.386. The zero-order valence-corrected chi connectivity index (χ0v) is 13.2. The van der Waals surface area contributed by atoms with Crippen molar-refractivity contribution in [1.29, 1.82) is 0 Å². The molecule has 1 heterocycles. The summed E-state index contributed by atoms with van der Waals surface area (Å²) >= 11 is 0. The van der Waals surface area contributed by atoms with Crippen molar-refractivity contribution < 1.29 is 4.74 Å². The van der Waals surface area contributed by atoms with E-state index in [0.717, 1.165) is 19.6 Å². The van der Waals surface area contributed by atoms with E-state index in [1.54, 1.807) is 0 Å². The molecule has 20 heavy (non-hydrogen) atoms. The third-order valence-corrected chi connectivity index (χ3v) is 4.42. The van der Waals surface area contributed by atoms with E-state index >= 15 is 0 Å². The molecule has 1 aliphatic carbocycles. The van der Waals surface area contributed by atoms with Gasteiger partial charge in [-0.25, -0.2) is 0 Å². The van der Waals surface area contributed by atoms with Crippen LogP contribution in [0.2, 0.25) is 0 Å². The third-order valence-electron chi connectivity index (χ3n) is 4.42. The maximum absolute atomic E-state index is 6.27. The van der Waals surface area contributed by atoms with E-state index in [1.165, 1.54) is 37.7 Å². The predicted octanol–water partition coefficient (Wildman–Crippen LogP) is 2.68. The minimum atomic E-state index is 0.0127. The molecule has 4 nitrogen and oxygen atoms in total. The molecule has 0 bridgehead atoms. The lowest BCUT2D eigenvalue weighted by molar-refractivity contribution is -0.0894. The molecule has 1 atom stereocenters. The summed E-state index contributed by atoms with van der Waals surface area (Å²) in [5.74, 6) is 0. The molecule has 0 saturated heterocycles. The normalized spacial score (nSPS) is 19.9. The predicted molar refractivity (Wildman–Crippen MR) is 81.8 cm³/mol. The Morgan fingerprint density at radius 3 is 2.65 bits per heavy atom. The third kappa shape index (κ3) is 3.61. The van der Waals surface area contributed by atoms with Gasteiger partial charge in [-0.2, -0.15) is 5.10 Å². The first-order valence-electron chi connectivity index (χ1n) is 8.05. The molecule has 0 radical (unpaired) electrons. The molecule has 4 heteroatoms. The smallest absolute Gasteiger partial charge is 0.0837 e. The van der Waals surface area contributed by atoms with Gasteiger partial charge in [0, 0.05) is 25.9 Å². The number of ether oxygens (including phenoxy) is 1. The summed E-state index contributed by atoms with van der Waals surface area (Å²) in [6.45, 7) is 6.08. The lowest BCUT2D eigenvalue weighted by Crippen LogP contribution is -2.54. The number of likely N-dealkylation sites (N-methyl/N-ethyl adjacent to an activating group) is 1. The molecule has 0 amide bonds. The summed E-state index contributed by atoms with van der Waals surface area (Å²) in [5, 5.41) is 7.97. The summed E-state index contributed by atoms with van der Waals surface area (Å²) in [6.07, 6.45) is 11.4. The monoisotopic (exact) mass is 279 g/mol. The average Bonchev–Trinajstić information content (AvgIpc) is 2.85. The SMILES string of the molecule is CCNC(Cc1cnn(C)c1)C1(OCC)CCCCC1. The highest BCUT2D eigenvalue weighted by atomic mass is 16.5. The molecule has 1 fully saturated rings. The molecule has 1 aliphatic rings. The van der Waals surface area contributed by atoms with Crippen LogP contribution in [0.4, 0.5) is 0 Å². The number of nitrogens with zero attached hydrogens (tertiary/aromatic N) is 2. The van der Waals surface area contributed by atoms with Gasteiger partial charge in [0.25, 0.3) is 0 Å². The Morgan fingerprint density at radius 2 is 2.10 bits per heavy atom. The zero-order chi connectivity index (χ0) is 14.4. The second-order valence-corrected chi connectivity index (χ2v) is 5.90. The Balaban J connectivity index is 2.14. The lowest BCUT2D eigenvalue weighted by atomic mass is 9.77. The summed E-state index contributed by atoms with van der Waals surface area (Å²) in [5.41, 5.74) is 1.31. The van der Waals surface area contributed by atoms with Crippen LogP contribution in [0, 0.1) is 0 Å². The molecule has 1 aromatic rings. The van der Waals surface area contributed by atoms with Gasteiger partial charge in [-0.1, -0.05) is 26.2 Å². The maximum Gasteiger partial charge on any atom is 0.0837 e. The highest BCUT2D eigenvalue weighted by Crippen LogP contribution is 2.35. The van der Waals surface area contributed by atoms with Crippen LogP contribution in [0.1, 0.15) is 51.5 Å². The van der Waals surface area contributed by atoms with Crippen LogP contribution in [0.25, 0.3) is 0 Å². The van der Waals surface area contributed by atoms with Crippen molar-refractivity contribution in [2.45, 2.75) is 64.0 Å². The van der Waals surface area contributed by atoms with Crippen molar-refractivity contribution in [3.63, 3.8) is 0 Å². The number of nitrogens with one attached hydrogen (secondary N) is 1. The van der Waals surface area contributed by atoms with Crippen LogP contribution in [0.3, 0.4) is 0 Å². The van der Waals surface area contributed by atoms with E-state index in [9.17, 15) is 0 Å². The second kappa shape index (κ2) is 7.23. The van der Waals surface area contributed by atoms with Crippen LogP contribution < -0.4 is 5.32 Å². The van der Waals surface area contributed by atoms with Gasteiger partial charge in [0.2, 0.25) is 0 Å². The standard InChI is InChI=1S/C16H29N3O/c1-4-17-15(11-14-12-18-19(3)13-14)16(20-5-2)9-7-6-8-10-16/h12-13,15,17H,4-11H2,1-3H3. The van der Waals surface area contributed by atoms with Gasteiger partial charge in [-0.15, -0.1) is 0 Å². The van der Waals surface area contributed by atoms with Crippen LogP contribution in [-0.4, -0.2) is 34.6 Å². The van der Waals surface area contributed by atoms with E-state index in [-0.39, 0.29) is 5.60 Å². The van der Waals surface area contributed by atoms with Crippen LogP contribution >= 0.6 is 0 Å². The minimum Gasteiger partial charge on any atom is -0.374 e. The summed E-state index contributed by atoms with van der Waals surface area (Å²) in [4.78, 5) is 0. The molecular weight excluding hydrogens is 250 g/mol. The second-order valence-electron chi connectivity index (χ2n) is 5.90. The Labute approximate surface area is 122 Å². The fourth-order valence-electron chi connectivity index (χ4n) is 3.53. The van der Waals surface area contributed by atoms with Crippen LogP contribution in [0.5, 0.6) is 0 Å². The van der Waals surface area contributed by atoms with Gasteiger partial charge in [-0.05, 0) is 38.3 Å². The Kier molecular flexibility index (Phi) is 5.61. The lowest BCUT2D eigenvalue weighted by Gasteiger charge is -2.43. The van der Waals surface area contributed by atoms with Gasteiger partial charge >= 0.3 is 0 Å². The number of rotatable bonds is 7. The van der Waals surface area contributed by atoms with E-state index in [2.05, 4.69) is 30.5 Å². The van der Waals surface area contributed by atoms with Crippen molar-refractivity contribution >= 4 is 0 Å². The van der Waals surface area contributed by atoms with E-state index in [1.807, 2.05) is 17.9 Å². The number of hydrogen-bond acceptors (Lipinski definition) is 3. The first-order chi connectivity index (χ1) is 9.70. The quantitative estimate of drug-likeness (QED) is 0.834. The number of hydrogen-bond donors (Lipinski definition) is 1. The van der Waals surface area contributed by atoms with Crippen molar-refractivity contribution in [2.24, 2.45) is 7.05 Å². The molecule has 0 spiro atoms. The molecule has 1 unspecified atom stereocenters. The van der Waals surface area contributed by atoms with E-state index < -0.39 is 0 Å². The molecule has 114 valence electrons. The van der Waals surface area contributed by atoms with Crippen molar-refractivity contribution in [1.82, 2.24) is 15.1 Å². The fraction of sp³-hybridized carbons (Fsp3) is 0.812. The van der Waals surface area contributed by atoms with Crippen molar-refractivity contribution in [3.8, 4) is 0 Å². The highest BCUT2D eigenvalue weighted by molar-refractivity contribution is 5.10. The molecule has 0 aromatic carbocycles. The van der Waals surface area contributed by atoms with Gasteiger partial charge in [0.05, 0.1) is 11.8 Å². The zero-order valence-electron chi connectivity index (χ0n) is 13.2. The Morgan fingerprint density at radius 1 is 1.35 bits per heavy atom. The van der Waals surface area contributed by atoms with Gasteiger partial charge in [-0.3, -0.25) is 4.68 Å². The molecule has 1 N–H and O–H groups in total. The first-order valence-corrected chi connectivity index (χ1v) is 8.05. The average molecular weight is 279 g/mol. The minimum absolute atomic E-state index is 0.0127. The summed E-state index contributed by atoms with van der Waals surface area (Å²) < 4.78 is 8.16. The largest absolute Gasteiger partial charge is 0.374 e. The highest BCUT2D eigenvalue weighted by Gasteiger charge is 2.40. The van der Waals surface area contributed by atoms with Gasteiger partial charge < -0.3 is 10.1 Å². The first kappa shape index (κ1) is 15.5. The Hall–Kier alpha value is -0.870. The van der Waals surface area contributed by atoms with Gasteiger partial charge in [0.1, 0.15) is 0 Å². The van der Waals surface area contributed by atoms with Crippen molar-refractivity contribution in [2.75, 3.05) is 13.2 Å². The van der Waals surface area contributed by atoms with E-state index in [0.29, 0.717) is 6.04 Å². The maximum atomic E-state index is 6.27. The van der Waals surface area contributed by atoms with Crippen molar-refractivity contribution in [3.05, 3.63) is 18.0 Å². The van der Waals surface area contributed by atoms with Crippen LogP contribution in [-0.2, 0) is 18.2 Å². The number of aryl methyl sites for hydroxylation is 1. The van der Waals surface area contributed by atoms with Gasteiger partial charge in [0.15, 0.2) is 0 Å². The molecule has 1 saturated carbocycles.